The summed E-state index contributed by atoms with van der Waals surface area (Å²) in [6.07, 6.45) is 1.99. The van der Waals surface area contributed by atoms with Crippen molar-refractivity contribution in [2.45, 2.75) is 77.9 Å². The van der Waals surface area contributed by atoms with Crippen LogP contribution < -0.4 is 10.6 Å². The smallest absolute Gasteiger partial charge is 0.407 e. The van der Waals surface area contributed by atoms with Gasteiger partial charge in [0.2, 0.25) is 23.5 Å². The number of Topliss-reactive ketones (excluding diaryl/α,β-unsaturated/α-hetero) is 1. The van der Waals surface area contributed by atoms with Crippen LogP contribution in [0.3, 0.4) is 0 Å². The number of rotatable bonds is 10. The van der Waals surface area contributed by atoms with Crippen molar-refractivity contribution in [3.05, 3.63) is 41.9 Å². The van der Waals surface area contributed by atoms with E-state index < -0.39 is 41.3 Å². The van der Waals surface area contributed by atoms with E-state index in [9.17, 15) is 19.2 Å². The summed E-state index contributed by atoms with van der Waals surface area (Å²) in [7, 11) is 1.22. The molecule has 2 aromatic heterocycles. The lowest BCUT2D eigenvalue weighted by Gasteiger charge is -2.31. The summed E-state index contributed by atoms with van der Waals surface area (Å²) < 4.78 is 10.4. The van der Waals surface area contributed by atoms with E-state index in [4.69, 9.17) is 4.42 Å². The average Bonchev–Trinajstić information content (AvgIpc) is 3.60. The summed E-state index contributed by atoms with van der Waals surface area (Å²) in [4.78, 5) is 57.7. The monoisotopic (exact) mass is 542 g/mol. The van der Waals surface area contributed by atoms with E-state index in [1.165, 1.54) is 12.0 Å². The molecule has 1 saturated heterocycles. The van der Waals surface area contributed by atoms with Gasteiger partial charge in [0, 0.05) is 12.7 Å². The number of nitrogens with one attached hydrogen (secondary N) is 2. The zero-order valence-corrected chi connectivity index (χ0v) is 23.6. The van der Waals surface area contributed by atoms with Gasteiger partial charge in [-0.05, 0) is 50.7 Å². The third-order valence-electron chi connectivity index (χ3n) is 6.95. The van der Waals surface area contributed by atoms with Gasteiger partial charge >= 0.3 is 6.09 Å². The predicted octanol–water partition coefficient (Wildman–Crippen LogP) is 2.49. The van der Waals surface area contributed by atoms with E-state index in [2.05, 4.69) is 30.6 Å². The van der Waals surface area contributed by atoms with Gasteiger partial charge in [-0.1, -0.05) is 33.8 Å². The Labute approximate surface area is 228 Å². The third-order valence-corrected chi connectivity index (χ3v) is 6.95. The van der Waals surface area contributed by atoms with Gasteiger partial charge in [-0.2, -0.15) is 0 Å². The van der Waals surface area contributed by atoms with Crippen molar-refractivity contribution >= 4 is 23.7 Å². The number of hydrogen-bond donors (Lipinski definition) is 2. The Balaban J connectivity index is 1.76. The maximum Gasteiger partial charge on any atom is 0.407 e. The minimum atomic E-state index is -0.949. The number of alkyl carbamates (subject to hydrolysis) is 1. The number of ether oxygens (including phenoxy) is 1. The molecule has 212 valence electrons. The van der Waals surface area contributed by atoms with Crippen molar-refractivity contribution in [2.24, 2.45) is 11.8 Å². The Hall–Kier alpha value is -3.83. The second-order valence-corrected chi connectivity index (χ2v) is 10.9. The van der Waals surface area contributed by atoms with E-state index in [0.717, 1.165) is 0 Å². The predicted molar refractivity (Wildman–Crippen MR) is 141 cm³/mol. The van der Waals surface area contributed by atoms with Gasteiger partial charge in [0.1, 0.15) is 12.1 Å². The first kappa shape index (κ1) is 29.7. The van der Waals surface area contributed by atoms with Crippen molar-refractivity contribution in [3.63, 3.8) is 0 Å². The summed E-state index contributed by atoms with van der Waals surface area (Å²) in [5.74, 6) is -1.86. The zero-order valence-electron chi connectivity index (χ0n) is 23.6. The van der Waals surface area contributed by atoms with Crippen LogP contribution in [0.25, 0.3) is 0 Å². The van der Waals surface area contributed by atoms with Crippen molar-refractivity contribution in [1.82, 2.24) is 30.7 Å². The van der Waals surface area contributed by atoms with Crippen LogP contribution in [0.2, 0.25) is 0 Å². The summed E-state index contributed by atoms with van der Waals surface area (Å²) in [5.41, 5.74) is -0.0343. The van der Waals surface area contributed by atoms with Crippen LogP contribution in [-0.2, 0) is 19.7 Å². The molecule has 1 unspecified atom stereocenters. The van der Waals surface area contributed by atoms with Gasteiger partial charge in [0.25, 0.3) is 5.89 Å². The lowest BCUT2D eigenvalue weighted by atomic mass is 9.89. The van der Waals surface area contributed by atoms with Crippen molar-refractivity contribution < 1.29 is 28.3 Å². The van der Waals surface area contributed by atoms with E-state index in [1.807, 2.05) is 26.0 Å². The first-order valence-corrected chi connectivity index (χ1v) is 13.1. The highest BCUT2D eigenvalue weighted by Gasteiger charge is 2.41. The Morgan fingerprint density at radius 3 is 2.33 bits per heavy atom. The van der Waals surface area contributed by atoms with E-state index >= 15 is 0 Å². The second kappa shape index (κ2) is 12.4. The molecule has 1 fully saturated rings. The molecule has 0 aliphatic carbocycles. The molecule has 0 aromatic carbocycles. The molecule has 0 spiro atoms. The molecule has 0 bridgehead atoms. The highest BCUT2D eigenvalue weighted by molar-refractivity contribution is 6.00. The van der Waals surface area contributed by atoms with E-state index in [0.29, 0.717) is 25.1 Å². The number of aromatic nitrogens is 3. The molecule has 12 nitrogen and oxygen atoms in total. The van der Waals surface area contributed by atoms with Gasteiger partial charge < -0.3 is 24.7 Å². The van der Waals surface area contributed by atoms with Crippen LogP contribution in [-0.4, -0.2) is 75.6 Å². The Kier molecular flexibility index (Phi) is 9.41. The van der Waals surface area contributed by atoms with Gasteiger partial charge in [-0.15, -0.1) is 10.2 Å². The number of carbonyl (C=O) groups is 4. The van der Waals surface area contributed by atoms with Gasteiger partial charge in [-0.25, -0.2) is 4.79 Å². The fraction of sp³-hybridized carbons (Fsp3) is 0.593. The first-order chi connectivity index (χ1) is 18.4. The zero-order chi connectivity index (χ0) is 28.9. The molecule has 1 aliphatic heterocycles. The summed E-state index contributed by atoms with van der Waals surface area (Å²) >= 11 is 0. The molecule has 1 aliphatic rings. The standard InChI is InChI=1S/C27H38N6O6/c1-15(2)19(21(34)23-31-32-25(39-23)27(5,6)18-12-8-9-13-28-18)29-22(35)17-11-10-14-33(17)24(36)20(16(3)4)30-26(37)38-7/h8-9,12-13,15-17,19-20H,10-11,14H2,1-7H3,(H,29,35)(H,30,37)/t17-,19?,20-/m0/s1. The van der Waals surface area contributed by atoms with Crippen LogP contribution in [0.1, 0.15) is 76.7 Å². The van der Waals surface area contributed by atoms with Crippen LogP contribution in [0.5, 0.6) is 0 Å². The minimum Gasteiger partial charge on any atom is -0.453 e. The average molecular weight is 543 g/mol. The highest BCUT2D eigenvalue weighted by atomic mass is 16.5. The topological polar surface area (TPSA) is 157 Å². The summed E-state index contributed by atoms with van der Waals surface area (Å²) in [5, 5.41) is 13.4. The largest absolute Gasteiger partial charge is 0.453 e. The minimum absolute atomic E-state index is 0.213. The van der Waals surface area contributed by atoms with E-state index in [-0.39, 0.29) is 29.5 Å². The highest BCUT2D eigenvalue weighted by Crippen LogP contribution is 2.29. The number of likely N-dealkylation sites (tertiary alicyclic amines) is 1. The second-order valence-electron chi connectivity index (χ2n) is 10.9. The van der Waals surface area contributed by atoms with Crippen molar-refractivity contribution in [3.8, 4) is 0 Å². The lowest BCUT2D eigenvalue weighted by Crippen LogP contribution is -2.57. The number of nitrogens with zero attached hydrogens (tertiary/aromatic N) is 4. The Bertz CT molecular complexity index is 1180. The third kappa shape index (κ3) is 6.61. The fourth-order valence-corrected chi connectivity index (χ4v) is 4.52. The maximum absolute atomic E-state index is 13.4. The molecule has 3 amide bonds. The quantitative estimate of drug-likeness (QED) is 0.431. The number of carbonyl (C=O) groups excluding carboxylic acids is 4. The SMILES string of the molecule is COC(=O)N[C@H](C(=O)N1CCC[C@H]1C(=O)NC(C(=O)c1nnc(C(C)(C)c2ccccn2)o1)C(C)C)C(C)C. The number of hydrogen-bond acceptors (Lipinski definition) is 9. The van der Waals surface area contributed by atoms with Crippen molar-refractivity contribution in [1.29, 1.82) is 0 Å². The number of ketones is 1. The van der Waals surface area contributed by atoms with Crippen LogP contribution in [0, 0.1) is 11.8 Å². The Morgan fingerprint density at radius 1 is 1.05 bits per heavy atom. The molecule has 2 N–H and O–H groups in total. The van der Waals surface area contributed by atoms with Crippen LogP contribution in [0.4, 0.5) is 4.79 Å². The molecule has 0 radical (unpaired) electrons. The van der Waals surface area contributed by atoms with Crippen LogP contribution in [0.15, 0.2) is 28.8 Å². The van der Waals surface area contributed by atoms with E-state index in [1.54, 1.807) is 40.0 Å². The van der Waals surface area contributed by atoms with Gasteiger partial charge in [-0.3, -0.25) is 19.4 Å². The molecule has 3 atom stereocenters. The molecule has 12 heteroatoms. The number of pyridine rings is 1. The lowest BCUT2D eigenvalue weighted by molar-refractivity contribution is -0.141. The molecule has 0 saturated carbocycles. The molecule has 2 aromatic rings. The summed E-state index contributed by atoms with van der Waals surface area (Å²) in [6.45, 7) is 11.3. The van der Waals surface area contributed by atoms with Crippen molar-refractivity contribution in [2.75, 3.05) is 13.7 Å². The first-order valence-electron chi connectivity index (χ1n) is 13.1. The van der Waals surface area contributed by atoms with Gasteiger partial charge in [0.05, 0.1) is 24.3 Å². The number of methoxy groups -OCH3 is 1. The maximum atomic E-state index is 13.4. The molecule has 3 rings (SSSR count). The molecule has 39 heavy (non-hydrogen) atoms. The fourth-order valence-electron chi connectivity index (χ4n) is 4.52. The molecular weight excluding hydrogens is 504 g/mol. The molecule has 3 heterocycles. The Morgan fingerprint density at radius 2 is 1.74 bits per heavy atom. The normalized spacial score (nSPS) is 17.2. The van der Waals surface area contributed by atoms with Crippen LogP contribution >= 0.6 is 0 Å². The van der Waals surface area contributed by atoms with Gasteiger partial charge in [0.15, 0.2) is 0 Å². The number of amides is 3. The summed E-state index contributed by atoms with van der Waals surface area (Å²) in [6, 6.07) is 2.90. The molecular formula is C27H38N6O6.